The lowest BCUT2D eigenvalue weighted by molar-refractivity contribution is 0.0697. The van der Waals surface area contributed by atoms with Gasteiger partial charge in [-0.1, -0.05) is 35.4 Å². The van der Waals surface area contributed by atoms with E-state index in [1.165, 1.54) is 36.0 Å². The molecule has 2 aromatic carbocycles. The highest BCUT2D eigenvalue weighted by molar-refractivity contribution is 6.31. The van der Waals surface area contributed by atoms with Crippen LogP contribution in [0.3, 0.4) is 0 Å². The minimum absolute atomic E-state index is 0.164. The lowest BCUT2D eigenvalue weighted by atomic mass is 9.67. The minimum atomic E-state index is -0.914. The number of aromatic carboxylic acids is 1. The number of hydrogen-bond donors (Lipinski definition) is 2. The van der Waals surface area contributed by atoms with Gasteiger partial charge in [0.05, 0.1) is 17.3 Å². The van der Waals surface area contributed by atoms with Crippen molar-refractivity contribution in [3.8, 4) is 0 Å². The molecule has 2 saturated carbocycles. The van der Waals surface area contributed by atoms with E-state index in [-0.39, 0.29) is 6.04 Å². The third-order valence-electron chi connectivity index (χ3n) is 7.16. The number of fused-ring (bicyclic) bond motifs is 7. The largest absolute Gasteiger partial charge is 0.478 e. The Hall–Kier alpha value is -2.00. The molecule has 0 saturated heterocycles. The molecule has 27 heavy (non-hydrogen) atoms. The molecule has 2 fully saturated rings. The standard InChI is InChI=1S/C23H24ClNO2/c1-11-3-4-12(2)16(7-11)22-20-14-6-5-13(8-14)19(20)17-9-15(24)10-18(23(26)27)21(17)25-22/h3-4,7,9-10,13-14,19-20,22,25H,5-6,8H2,1-2H3,(H,26,27)/t13-,14-,19-,20+,22-/m0/s1. The molecule has 3 nitrogen and oxygen atoms in total. The number of aryl methyl sites for hydroxylation is 2. The Morgan fingerprint density at radius 1 is 1.11 bits per heavy atom. The van der Waals surface area contributed by atoms with Crippen LogP contribution in [0.4, 0.5) is 5.69 Å². The third-order valence-corrected chi connectivity index (χ3v) is 7.38. The molecule has 2 bridgehead atoms. The number of anilines is 1. The first-order chi connectivity index (χ1) is 12.9. The Bertz CT molecular complexity index is 954. The molecule has 5 atom stereocenters. The summed E-state index contributed by atoms with van der Waals surface area (Å²) in [5.74, 6) is 1.35. The fraction of sp³-hybridized carbons (Fsp3) is 0.435. The van der Waals surface area contributed by atoms with Crippen LogP contribution in [0, 0.1) is 31.6 Å². The van der Waals surface area contributed by atoms with E-state index in [0.717, 1.165) is 11.3 Å². The summed E-state index contributed by atoms with van der Waals surface area (Å²) in [4.78, 5) is 11.9. The molecule has 1 aliphatic heterocycles. The van der Waals surface area contributed by atoms with E-state index in [2.05, 4.69) is 37.4 Å². The van der Waals surface area contributed by atoms with E-state index < -0.39 is 5.97 Å². The molecule has 2 aromatic rings. The first-order valence-electron chi connectivity index (χ1n) is 9.84. The number of carboxylic acids is 1. The number of carbonyl (C=O) groups is 1. The molecule has 1 heterocycles. The van der Waals surface area contributed by atoms with Gasteiger partial charge in [0.25, 0.3) is 0 Å². The van der Waals surface area contributed by atoms with Crippen LogP contribution in [0.25, 0.3) is 0 Å². The van der Waals surface area contributed by atoms with Crippen LogP contribution < -0.4 is 5.32 Å². The Kier molecular flexibility index (Phi) is 3.80. The van der Waals surface area contributed by atoms with Gasteiger partial charge in [-0.05, 0) is 85.6 Å². The maximum atomic E-state index is 11.9. The topological polar surface area (TPSA) is 49.3 Å². The van der Waals surface area contributed by atoms with Crippen molar-refractivity contribution in [2.75, 3.05) is 5.32 Å². The molecule has 0 unspecified atom stereocenters. The summed E-state index contributed by atoms with van der Waals surface area (Å²) in [6.45, 7) is 4.29. The fourth-order valence-electron chi connectivity index (χ4n) is 6.13. The Labute approximate surface area is 164 Å². The van der Waals surface area contributed by atoms with Crippen molar-refractivity contribution >= 4 is 23.3 Å². The average Bonchev–Trinajstić information content (AvgIpc) is 3.25. The fourth-order valence-corrected chi connectivity index (χ4v) is 6.36. The predicted octanol–water partition coefficient (Wildman–Crippen LogP) is 5.95. The average molecular weight is 382 g/mol. The number of halogens is 1. The van der Waals surface area contributed by atoms with E-state index in [0.29, 0.717) is 34.3 Å². The Morgan fingerprint density at radius 3 is 2.67 bits per heavy atom. The molecule has 2 N–H and O–H groups in total. The van der Waals surface area contributed by atoms with Gasteiger partial charge in [-0.15, -0.1) is 0 Å². The molecule has 0 amide bonds. The van der Waals surface area contributed by atoms with Gasteiger partial charge >= 0.3 is 5.97 Å². The van der Waals surface area contributed by atoms with Gasteiger partial charge in [0.2, 0.25) is 0 Å². The molecule has 0 aromatic heterocycles. The van der Waals surface area contributed by atoms with Crippen molar-refractivity contribution in [1.29, 1.82) is 0 Å². The SMILES string of the molecule is Cc1ccc(C)c([C@@H]2Nc3c(C(=O)O)cc(Cl)cc3[C@@H]3[C@H]4CC[C@@H](C4)[C@H]32)c1. The van der Waals surface area contributed by atoms with Crippen LogP contribution in [0.1, 0.15) is 63.8 Å². The van der Waals surface area contributed by atoms with Gasteiger partial charge < -0.3 is 10.4 Å². The highest BCUT2D eigenvalue weighted by Gasteiger charge is 2.54. The summed E-state index contributed by atoms with van der Waals surface area (Å²) in [7, 11) is 0. The summed E-state index contributed by atoms with van der Waals surface area (Å²) in [6, 6.07) is 10.4. The van der Waals surface area contributed by atoms with Crippen LogP contribution >= 0.6 is 11.6 Å². The molecule has 4 heteroatoms. The first-order valence-corrected chi connectivity index (χ1v) is 10.2. The quantitative estimate of drug-likeness (QED) is 0.675. The number of rotatable bonds is 2. The number of carboxylic acid groups (broad SMARTS) is 1. The van der Waals surface area contributed by atoms with Gasteiger partial charge in [-0.3, -0.25) is 0 Å². The summed E-state index contributed by atoms with van der Waals surface area (Å²) >= 11 is 6.33. The van der Waals surface area contributed by atoms with Crippen molar-refractivity contribution in [3.05, 3.63) is 63.2 Å². The molecule has 140 valence electrons. The molecule has 0 radical (unpaired) electrons. The molecule has 3 aliphatic rings. The Balaban J connectivity index is 1.72. The highest BCUT2D eigenvalue weighted by atomic mass is 35.5. The molecular weight excluding hydrogens is 358 g/mol. The van der Waals surface area contributed by atoms with Crippen LogP contribution in [0.5, 0.6) is 0 Å². The lowest BCUT2D eigenvalue weighted by Gasteiger charge is -2.44. The summed E-state index contributed by atoms with van der Waals surface area (Å²) in [5, 5.41) is 14.0. The first kappa shape index (κ1) is 17.1. The smallest absolute Gasteiger partial charge is 0.337 e. The van der Waals surface area contributed by atoms with Gasteiger partial charge in [-0.25, -0.2) is 4.79 Å². The number of nitrogens with one attached hydrogen (secondary N) is 1. The van der Waals surface area contributed by atoms with Crippen LogP contribution in [0.15, 0.2) is 30.3 Å². The van der Waals surface area contributed by atoms with E-state index in [1.54, 1.807) is 6.07 Å². The van der Waals surface area contributed by atoms with E-state index in [4.69, 9.17) is 11.6 Å². The van der Waals surface area contributed by atoms with Gasteiger partial charge in [0.1, 0.15) is 0 Å². The maximum absolute atomic E-state index is 11.9. The summed E-state index contributed by atoms with van der Waals surface area (Å²) < 4.78 is 0. The zero-order chi connectivity index (χ0) is 18.9. The normalized spacial score (nSPS) is 30.6. The third kappa shape index (κ3) is 2.51. The summed E-state index contributed by atoms with van der Waals surface area (Å²) in [6.07, 6.45) is 3.79. The predicted molar refractivity (Wildman–Crippen MR) is 108 cm³/mol. The van der Waals surface area contributed by atoms with E-state index >= 15 is 0 Å². The molecule has 5 rings (SSSR count). The van der Waals surface area contributed by atoms with Crippen LogP contribution in [0.2, 0.25) is 5.02 Å². The maximum Gasteiger partial charge on any atom is 0.337 e. The second kappa shape index (κ2) is 6.00. The molecule has 2 aliphatic carbocycles. The van der Waals surface area contributed by atoms with Gasteiger partial charge in [-0.2, -0.15) is 0 Å². The van der Waals surface area contributed by atoms with E-state index in [9.17, 15) is 9.90 Å². The van der Waals surface area contributed by atoms with Crippen LogP contribution in [-0.4, -0.2) is 11.1 Å². The zero-order valence-electron chi connectivity index (χ0n) is 15.6. The van der Waals surface area contributed by atoms with Crippen molar-refractivity contribution in [2.45, 2.75) is 45.1 Å². The zero-order valence-corrected chi connectivity index (χ0v) is 16.4. The number of hydrogen-bond acceptors (Lipinski definition) is 2. The Morgan fingerprint density at radius 2 is 1.89 bits per heavy atom. The van der Waals surface area contributed by atoms with Crippen molar-refractivity contribution in [3.63, 3.8) is 0 Å². The number of benzene rings is 2. The molecular formula is C23H24ClNO2. The second-order valence-electron chi connectivity index (χ2n) is 8.64. The second-order valence-corrected chi connectivity index (χ2v) is 9.08. The molecule has 0 spiro atoms. The monoisotopic (exact) mass is 381 g/mol. The van der Waals surface area contributed by atoms with Gasteiger partial charge in [0.15, 0.2) is 0 Å². The van der Waals surface area contributed by atoms with Crippen LogP contribution in [-0.2, 0) is 0 Å². The van der Waals surface area contributed by atoms with Gasteiger partial charge in [0, 0.05) is 5.02 Å². The van der Waals surface area contributed by atoms with Crippen molar-refractivity contribution in [1.82, 2.24) is 0 Å². The van der Waals surface area contributed by atoms with Crippen molar-refractivity contribution < 1.29 is 9.90 Å². The van der Waals surface area contributed by atoms with E-state index in [1.807, 2.05) is 6.07 Å². The lowest BCUT2D eigenvalue weighted by Crippen LogP contribution is -2.36. The van der Waals surface area contributed by atoms with Crippen molar-refractivity contribution in [2.24, 2.45) is 17.8 Å². The highest BCUT2D eigenvalue weighted by Crippen LogP contribution is 2.64. The minimum Gasteiger partial charge on any atom is -0.478 e. The summed E-state index contributed by atoms with van der Waals surface area (Å²) in [5.41, 5.74) is 6.04.